The Balaban J connectivity index is 0.000000364. The van der Waals surface area contributed by atoms with Crippen LogP contribution in [-0.2, 0) is 11.8 Å². The molecule has 0 aliphatic rings. The zero-order valence-electron chi connectivity index (χ0n) is 9.19. The lowest BCUT2D eigenvalue weighted by Crippen LogP contribution is -2.00. The Morgan fingerprint density at radius 3 is 2.50 bits per heavy atom. The second kappa shape index (κ2) is 6.18. The van der Waals surface area contributed by atoms with Crippen molar-refractivity contribution in [1.82, 2.24) is 9.55 Å². The van der Waals surface area contributed by atoms with Crippen LogP contribution in [0.3, 0.4) is 0 Å². The summed E-state index contributed by atoms with van der Waals surface area (Å²) in [5.74, 6) is 0.933. The molecule has 0 aliphatic heterocycles. The van der Waals surface area contributed by atoms with Gasteiger partial charge in [-0.25, -0.2) is 4.98 Å². The fourth-order valence-electron chi connectivity index (χ4n) is 1.03. The van der Waals surface area contributed by atoms with E-state index in [4.69, 9.17) is 9.90 Å². The third-order valence-electron chi connectivity index (χ3n) is 1.91. The predicted molar refractivity (Wildman–Crippen MR) is 55.2 cm³/mol. The van der Waals surface area contributed by atoms with Gasteiger partial charge in [0.15, 0.2) is 0 Å². The van der Waals surface area contributed by atoms with Gasteiger partial charge in [-0.15, -0.1) is 0 Å². The highest BCUT2D eigenvalue weighted by molar-refractivity contribution is 5.62. The Kier molecular flexibility index (Phi) is 5.60. The molecular formula is C10H18N2O2. The number of hydrogen-bond acceptors (Lipinski definition) is 2. The van der Waals surface area contributed by atoms with Crippen LogP contribution in [0, 0.1) is 0 Å². The number of nitrogens with zero attached hydrogens (tertiary/aromatic N) is 2. The van der Waals surface area contributed by atoms with Gasteiger partial charge in [0.05, 0.1) is 0 Å². The Morgan fingerprint density at radius 2 is 2.21 bits per heavy atom. The van der Waals surface area contributed by atoms with Crippen molar-refractivity contribution in [2.24, 2.45) is 7.05 Å². The normalized spacial score (nSPS) is 11.4. The van der Waals surface area contributed by atoms with E-state index in [2.05, 4.69) is 23.4 Å². The van der Waals surface area contributed by atoms with Gasteiger partial charge in [-0.2, -0.15) is 0 Å². The molecule has 1 N–H and O–H groups in total. The first kappa shape index (κ1) is 12.7. The van der Waals surface area contributed by atoms with Gasteiger partial charge in [0.1, 0.15) is 5.82 Å². The summed E-state index contributed by atoms with van der Waals surface area (Å²) in [7, 11) is 2.04. The summed E-state index contributed by atoms with van der Waals surface area (Å²) in [5, 5.41) is 7.42. The second-order valence-electron chi connectivity index (χ2n) is 3.22. The quantitative estimate of drug-likeness (QED) is 0.791. The molecule has 0 fully saturated rings. The van der Waals surface area contributed by atoms with Gasteiger partial charge in [-0.05, 0) is 6.42 Å². The maximum Gasteiger partial charge on any atom is 0.300 e. The molecule has 4 nitrogen and oxygen atoms in total. The van der Waals surface area contributed by atoms with E-state index >= 15 is 0 Å². The van der Waals surface area contributed by atoms with Crippen LogP contribution in [0.2, 0.25) is 0 Å². The van der Waals surface area contributed by atoms with E-state index in [1.54, 1.807) is 0 Å². The number of carboxylic acids is 1. The van der Waals surface area contributed by atoms with Crippen molar-refractivity contribution in [3.8, 4) is 0 Å². The molecule has 0 spiro atoms. The molecule has 14 heavy (non-hydrogen) atoms. The first-order chi connectivity index (χ1) is 6.49. The minimum Gasteiger partial charge on any atom is -0.481 e. The summed E-state index contributed by atoms with van der Waals surface area (Å²) in [6, 6.07) is 0. The van der Waals surface area contributed by atoms with Crippen molar-refractivity contribution in [1.29, 1.82) is 0 Å². The SMILES string of the molecule is CC(=O)O.CCC(C)c1nccn1C. The zero-order chi connectivity index (χ0) is 11.1. The van der Waals surface area contributed by atoms with Crippen molar-refractivity contribution in [2.75, 3.05) is 0 Å². The topological polar surface area (TPSA) is 55.1 Å². The van der Waals surface area contributed by atoms with E-state index in [9.17, 15) is 0 Å². The summed E-state index contributed by atoms with van der Waals surface area (Å²) in [5.41, 5.74) is 0. The molecule has 4 heteroatoms. The Labute approximate surface area is 84.6 Å². The Bertz CT molecular complexity index is 277. The number of aliphatic carboxylic acids is 1. The van der Waals surface area contributed by atoms with Crippen LogP contribution in [0.15, 0.2) is 12.4 Å². The molecular weight excluding hydrogens is 180 g/mol. The lowest BCUT2D eigenvalue weighted by Gasteiger charge is -2.06. The molecule has 0 bridgehead atoms. The lowest BCUT2D eigenvalue weighted by atomic mass is 10.1. The van der Waals surface area contributed by atoms with Gasteiger partial charge >= 0.3 is 0 Å². The monoisotopic (exact) mass is 198 g/mol. The number of hydrogen-bond donors (Lipinski definition) is 1. The van der Waals surface area contributed by atoms with Crippen LogP contribution in [-0.4, -0.2) is 20.6 Å². The molecule has 1 heterocycles. The standard InChI is InChI=1S/C8H14N2.C2H4O2/c1-4-7(2)8-9-5-6-10(8)3;1-2(3)4/h5-7H,4H2,1-3H3;1H3,(H,3,4). The smallest absolute Gasteiger partial charge is 0.300 e. The number of rotatable bonds is 2. The summed E-state index contributed by atoms with van der Waals surface area (Å²) < 4.78 is 2.08. The van der Waals surface area contributed by atoms with Crippen LogP contribution in [0.4, 0.5) is 0 Å². The van der Waals surface area contributed by atoms with E-state index in [1.807, 2.05) is 19.4 Å². The molecule has 0 saturated carbocycles. The molecule has 80 valence electrons. The van der Waals surface area contributed by atoms with E-state index in [0.29, 0.717) is 5.92 Å². The van der Waals surface area contributed by atoms with Crippen LogP contribution < -0.4 is 0 Å². The fourth-order valence-corrected chi connectivity index (χ4v) is 1.03. The predicted octanol–water partition coefficient (Wildman–Crippen LogP) is 2.02. The van der Waals surface area contributed by atoms with Crippen molar-refractivity contribution in [3.05, 3.63) is 18.2 Å². The van der Waals surface area contributed by atoms with Crippen LogP contribution in [0.1, 0.15) is 38.9 Å². The van der Waals surface area contributed by atoms with Crippen LogP contribution >= 0.6 is 0 Å². The average molecular weight is 198 g/mol. The van der Waals surface area contributed by atoms with Gasteiger partial charge in [-0.3, -0.25) is 4.79 Å². The van der Waals surface area contributed by atoms with Crippen molar-refractivity contribution in [2.45, 2.75) is 33.1 Å². The van der Waals surface area contributed by atoms with Gasteiger partial charge in [0.2, 0.25) is 0 Å². The van der Waals surface area contributed by atoms with E-state index in [1.165, 1.54) is 5.82 Å². The largest absolute Gasteiger partial charge is 0.481 e. The maximum absolute atomic E-state index is 9.00. The third-order valence-corrected chi connectivity index (χ3v) is 1.91. The minimum atomic E-state index is -0.833. The third kappa shape index (κ3) is 4.64. The summed E-state index contributed by atoms with van der Waals surface area (Å²) in [4.78, 5) is 13.2. The van der Waals surface area contributed by atoms with Crippen LogP contribution in [0.25, 0.3) is 0 Å². The summed E-state index contributed by atoms with van der Waals surface area (Å²) >= 11 is 0. The van der Waals surface area contributed by atoms with Crippen molar-refractivity contribution in [3.63, 3.8) is 0 Å². The second-order valence-corrected chi connectivity index (χ2v) is 3.22. The minimum absolute atomic E-state index is 0.583. The molecule has 1 aromatic rings. The molecule has 0 amide bonds. The number of carboxylic acid groups (broad SMARTS) is 1. The van der Waals surface area contributed by atoms with Gasteiger partial charge in [-0.1, -0.05) is 13.8 Å². The highest BCUT2D eigenvalue weighted by Gasteiger charge is 2.05. The first-order valence-electron chi connectivity index (χ1n) is 4.65. The average Bonchev–Trinajstić information content (AvgIpc) is 2.49. The molecule has 0 aliphatic carbocycles. The number of aryl methyl sites for hydroxylation is 1. The highest BCUT2D eigenvalue weighted by atomic mass is 16.4. The van der Waals surface area contributed by atoms with Crippen molar-refractivity contribution < 1.29 is 9.90 Å². The maximum atomic E-state index is 9.00. The fraction of sp³-hybridized carbons (Fsp3) is 0.600. The Hall–Kier alpha value is -1.32. The molecule has 1 aromatic heterocycles. The van der Waals surface area contributed by atoms with Crippen LogP contribution in [0.5, 0.6) is 0 Å². The van der Waals surface area contributed by atoms with Crippen molar-refractivity contribution >= 4 is 5.97 Å². The molecule has 1 rings (SSSR count). The first-order valence-corrected chi connectivity index (χ1v) is 4.65. The van der Waals surface area contributed by atoms with E-state index in [-0.39, 0.29) is 0 Å². The molecule has 0 saturated heterocycles. The van der Waals surface area contributed by atoms with Gasteiger partial charge in [0.25, 0.3) is 5.97 Å². The molecule has 1 unspecified atom stereocenters. The summed E-state index contributed by atoms with van der Waals surface area (Å²) in [6.45, 7) is 5.46. The molecule has 0 radical (unpaired) electrons. The Morgan fingerprint density at radius 1 is 1.71 bits per heavy atom. The zero-order valence-corrected chi connectivity index (χ0v) is 9.19. The number of imidazole rings is 1. The van der Waals surface area contributed by atoms with E-state index < -0.39 is 5.97 Å². The van der Waals surface area contributed by atoms with Gasteiger partial charge < -0.3 is 9.67 Å². The lowest BCUT2D eigenvalue weighted by molar-refractivity contribution is -0.134. The number of aromatic nitrogens is 2. The number of carbonyl (C=O) groups is 1. The molecule has 0 aromatic carbocycles. The van der Waals surface area contributed by atoms with E-state index in [0.717, 1.165) is 13.3 Å². The summed E-state index contributed by atoms with van der Waals surface area (Å²) in [6.07, 6.45) is 4.99. The van der Waals surface area contributed by atoms with Gasteiger partial charge in [0, 0.05) is 32.3 Å². The molecule has 1 atom stereocenters. The highest BCUT2D eigenvalue weighted by Crippen LogP contribution is 2.14.